The highest BCUT2D eigenvalue weighted by molar-refractivity contribution is 6.36. The number of halogens is 2. The molecule has 28 heavy (non-hydrogen) atoms. The fraction of sp³-hybridized carbons (Fsp3) is 0.0909. The number of para-hydroxylation sites is 1. The van der Waals surface area contributed by atoms with Gasteiger partial charge in [-0.3, -0.25) is 4.79 Å². The quantitative estimate of drug-likeness (QED) is 0.331. The third kappa shape index (κ3) is 3.37. The Hall–Kier alpha value is -2.82. The molecular weight excluding hydrogens is 393 g/mol. The first kappa shape index (κ1) is 18.5. The van der Waals surface area contributed by atoms with E-state index in [1.165, 1.54) is 22.5 Å². The highest BCUT2D eigenvalue weighted by atomic mass is 35.5. The molecule has 140 valence electrons. The maximum absolute atomic E-state index is 12.2. The van der Waals surface area contributed by atoms with Crippen LogP contribution in [0, 0.1) is 0 Å². The smallest absolute Gasteiger partial charge is 0.272 e. The maximum Gasteiger partial charge on any atom is 0.272 e. The number of aryl methyl sites for hydroxylation is 1. The van der Waals surface area contributed by atoms with Gasteiger partial charge in [-0.15, -0.1) is 0 Å². The van der Waals surface area contributed by atoms with Gasteiger partial charge in [-0.05, 0) is 48.9 Å². The van der Waals surface area contributed by atoms with Gasteiger partial charge in [0, 0.05) is 33.4 Å². The Morgan fingerprint density at radius 3 is 2.61 bits per heavy atom. The van der Waals surface area contributed by atoms with Gasteiger partial charge in [0.25, 0.3) is 5.91 Å². The van der Waals surface area contributed by atoms with Crippen molar-refractivity contribution in [3.63, 3.8) is 0 Å². The van der Waals surface area contributed by atoms with E-state index in [0.717, 1.165) is 17.5 Å². The third-order valence-electron chi connectivity index (χ3n) is 4.67. The minimum Gasteiger partial charge on any atom is -0.341 e. The Kier molecular flexibility index (Phi) is 5.07. The topological polar surface area (TPSA) is 46.4 Å². The van der Waals surface area contributed by atoms with Gasteiger partial charge in [0.2, 0.25) is 0 Å². The van der Waals surface area contributed by atoms with Gasteiger partial charge in [-0.2, -0.15) is 5.10 Å². The predicted molar refractivity (Wildman–Crippen MR) is 117 cm³/mol. The number of rotatable bonds is 4. The molecule has 0 saturated carbocycles. The van der Waals surface area contributed by atoms with Crippen LogP contribution in [0.15, 0.2) is 65.8 Å². The van der Waals surface area contributed by atoms with Crippen molar-refractivity contribution < 1.29 is 4.79 Å². The van der Waals surface area contributed by atoms with Gasteiger partial charge in [0.05, 0.1) is 16.8 Å². The van der Waals surface area contributed by atoms with Crippen molar-refractivity contribution in [1.29, 1.82) is 0 Å². The fourth-order valence-corrected chi connectivity index (χ4v) is 3.89. The van der Waals surface area contributed by atoms with Crippen molar-refractivity contribution >= 4 is 57.1 Å². The molecule has 0 unspecified atom stereocenters. The van der Waals surface area contributed by atoms with E-state index in [4.69, 9.17) is 23.2 Å². The van der Waals surface area contributed by atoms with Gasteiger partial charge < -0.3 is 4.57 Å². The van der Waals surface area contributed by atoms with Gasteiger partial charge in [0.1, 0.15) is 0 Å². The molecule has 4 rings (SSSR count). The lowest BCUT2D eigenvalue weighted by Crippen LogP contribution is -2.18. The molecule has 1 heterocycles. The van der Waals surface area contributed by atoms with Gasteiger partial charge in [-0.25, -0.2) is 5.43 Å². The molecule has 3 aromatic carbocycles. The minimum atomic E-state index is -0.387. The second kappa shape index (κ2) is 7.66. The number of amides is 1. The Morgan fingerprint density at radius 2 is 1.82 bits per heavy atom. The van der Waals surface area contributed by atoms with Crippen LogP contribution < -0.4 is 5.43 Å². The minimum absolute atomic E-state index is 0.286. The number of carbonyl (C=O) groups excluding carboxylic acids is 1. The van der Waals surface area contributed by atoms with E-state index in [-0.39, 0.29) is 10.9 Å². The SMILES string of the molecule is CCn1c2ccccc2c2cc(C=NNC(=O)c3ccc(Cl)cc3Cl)ccc21. The average Bonchev–Trinajstić information content (AvgIpc) is 3.01. The molecular formula is C22H17Cl2N3O. The Labute approximate surface area is 172 Å². The third-order valence-corrected chi connectivity index (χ3v) is 5.22. The van der Waals surface area contributed by atoms with Crippen molar-refractivity contribution in [3.05, 3.63) is 81.8 Å². The van der Waals surface area contributed by atoms with Crippen LogP contribution in [0.1, 0.15) is 22.8 Å². The van der Waals surface area contributed by atoms with Crippen LogP contribution in [0.3, 0.4) is 0 Å². The highest BCUT2D eigenvalue weighted by Crippen LogP contribution is 2.29. The molecule has 0 atom stereocenters. The van der Waals surface area contributed by atoms with Crippen LogP contribution in [-0.2, 0) is 6.54 Å². The molecule has 0 saturated heterocycles. The molecule has 0 aliphatic rings. The van der Waals surface area contributed by atoms with E-state index < -0.39 is 0 Å². The second-order valence-electron chi connectivity index (χ2n) is 6.36. The molecule has 0 spiro atoms. The van der Waals surface area contributed by atoms with E-state index in [1.807, 2.05) is 18.2 Å². The number of benzene rings is 3. The Bertz CT molecular complexity index is 1230. The normalized spacial score (nSPS) is 11.5. The molecule has 1 aromatic heterocycles. The molecule has 0 aliphatic heterocycles. The summed E-state index contributed by atoms with van der Waals surface area (Å²) in [7, 11) is 0. The number of nitrogens with one attached hydrogen (secondary N) is 1. The summed E-state index contributed by atoms with van der Waals surface area (Å²) in [5.74, 6) is -0.387. The molecule has 1 N–H and O–H groups in total. The fourth-order valence-electron chi connectivity index (χ4n) is 3.39. The number of nitrogens with zero attached hydrogens (tertiary/aromatic N) is 2. The molecule has 0 aliphatic carbocycles. The zero-order valence-corrected chi connectivity index (χ0v) is 16.6. The molecule has 0 fully saturated rings. The summed E-state index contributed by atoms with van der Waals surface area (Å²) < 4.78 is 2.29. The van der Waals surface area contributed by atoms with E-state index in [2.05, 4.69) is 46.3 Å². The number of hydrazone groups is 1. The summed E-state index contributed by atoms with van der Waals surface area (Å²) in [6.45, 7) is 3.04. The summed E-state index contributed by atoms with van der Waals surface area (Å²) in [5.41, 5.74) is 6.11. The van der Waals surface area contributed by atoms with Crippen LogP contribution in [0.5, 0.6) is 0 Å². The van der Waals surface area contributed by atoms with Crippen LogP contribution in [0.25, 0.3) is 21.8 Å². The second-order valence-corrected chi connectivity index (χ2v) is 7.20. The molecule has 6 heteroatoms. The van der Waals surface area contributed by atoms with Crippen LogP contribution in [0.2, 0.25) is 10.0 Å². The lowest BCUT2D eigenvalue weighted by Gasteiger charge is -2.03. The van der Waals surface area contributed by atoms with E-state index in [1.54, 1.807) is 18.3 Å². The number of carbonyl (C=O) groups is 1. The molecule has 4 aromatic rings. The van der Waals surface area contributed by atoms with Crippen molar-refractivity contribution in [2.24, 2.45) is 5.10 Å². The van der Waals surface area contributed by atoms with Crippen molar-refractivity contribution in [2.45, 2.75) is 13.5 Å². The lowest BCUT2D eigenvalue weighted by atomic mass is 10.1. The Morgan fingerprint density at radius 1 is 1.04 bits per heavy atom. The van der Waals surface area contributed by atoms with Crippen molar-refractivity contribution in [1.82, 2.24) is 9.99 Å². The standard InChI is InChI=1S/C22H17Cl2N3O/c1-2-27-20-6-4-3-5-16(20)18-11-14(7-10-21(18)27)13-25-26-22(28)17-9-8-15(23)12-19(17)24/h3-13H,2H2,1H3,(H,26,28). The van der Waals surface area contributed by atoms with Gasteiger partial charge >= 0.3 is 0 Å². The number of aromatic nitrogens is 1. The summed E-state index contributed by atoms with van der Waals surface area (Å²) in [6, 6.07) is 19.2. The summed E-state index contributed by atoms with van der Waals surface area (Å²) in [6.07, 6.45) is 1.62. The highest BCUT2D eigenvalue weighted by Gasteiger charge is 2.11. The van der Waals surface area contributed by atoms with Gasteiger partial charge in [0.15, 0.2) is 0 Å². The summed E-state index contributed by atoms with van der Waals surface area (Å²) in [5, 5.41) is 7.20. The number of fused-ring (bicyclic) bond motifs is 3. The van der Waals surface area contributed by atoms with E-state index >= 15 is 0 Å². The lowest BCUT2D eigenvalue weighted by molar-refractivity contribution is 0.0955. The zero-order chi connectivity index (χ0) is 19.7. The van der Waals surface area contributed by atoms with Crippen molar-refractivity contribution in [2.75, 3.05) is 0 Å². The zero-order valence-electron chi connectivity index (χ0n) is 15.1. The van der Waals surface area contributed by atoms with Crippen LogP contribution in [-0.4, -0.2) is 16.7 Å². The summed E-state index contributed by atoms with van der Waals surface area (Å²) >= 11 is 11.9. The van der Waals surface area contributed by atoms with Crippen molar-refractivity contribution in [3.8, 4) is 0 Å². The molecule has 1 amide bonds. The van der Waals surface area contributed by atoms with Crippen LogP contribution >= 0.6 is 23.2 Å². The predicted octanol–water partition coefficient (Wildman–Crippen LogP) is 5.89. The van der Waals surface area contributed by atoms with Crippen LogP contribution in [0.4, 0.5) is 0 Å². The Balaban J connectivity index is 1.61. The maximum atomic E-state index is 12.2. The monoisotopic (exact) mass is 409 g/mol. The van der Waals surface area contributed by atoms with E-state index in [9.17, 15) is 4.79 Å². The first-order valence-corrected chi connectivity index (χ1v) is 9.63. The number of hydrogen-bond donors (Lipinski definition) is 1. The first-order valence-electron chi connectivity index (χ1n) is 8.88. The number of hydrogen-bond acceptors (Lipinski definition) is 2. The average molecular weight is 410 g/mol. The summed E-state index contributed by atoms with van der Waals surface area (Å²) in [4.78, 5) is 12.2. The first-order chi connectivity index (χ1) is 13.6. The molecule has 0 bridgehead atoms. The van der Waals surface area contributed by atoms with Gasteiger partial charge in [-0.1, -0.05) is 47.5 Å². The molecule has 4 nitrogen and oxygen atoms in total. The van der Waals surface area contributed by atoms with E-state index in [0.29, 0.717) is 10.6 Å². The molecule has 0 radical (unpaired) electrons. The largest absolute Gasteiger partial charge is 0.341 e.